The van der Waals surface area contributed by atoms with Gasteiger partial charge in [0.2, 0.25) is 0 Å². The molecule has 1 aromatic carbocycles. The maximum absolute atomic E-state index is 12.7. The molecule has 1 fully saturated rings. The van der Waals surface area contributed by atoms with E-state index in [1.807, 2.05) is 0 Å². The quantitative estimate of drug-likeness (QED) is 0.723. The molecule has 0 radical (unpaired) electrons. The second-order valence-electron chi connectivity index (χ2n) is 7.07. The van der Waals surface area contributed by atoms with Crippen molar-refractivity contribution in [1.29, 1.82) is 0 Å². The third-order valence-electron chi connectivity index (χ3n) is 5.23. The lowest BCUT2D eigenvalue weighted by Gasteiger charge is -2.20. The van der Waals surface area contributed by atoms with Crippen LogP contribution in [0.5, 0.6) is 0 Å². The molecule has 0 saturated carbocycles. The molecular formula is C20H24N4O2. The molecule has 3 aromatic rings. The lowest BCUT2D eigenvalue weighted by molar-refractivity contribution is 0.0832. The van der Waals surface area contributed by atoms with Gasteiger partial charge in [-0.2, -0.15) is 5.10 Å². The molecular weight excluding hydrogens is 328 g/mol. The SMILES string of the molecule is Cc1ccc(CCc2nn3c(C4CCOCC4)ncc3c(=O)n2C)cc1. The summed E-state index contributed by atoms with van der Waals surface area (Å²) in [6.07, 6.45) is 5.08. The molecule has 0 aliphatic carbocycles. The Balaban J connectivity index is 1.66. The molecule has 4 rings (SSSR count). The van der Waals surface area contributed by atoms with Crippen molar-refractivity contribution >= 4 is 5.52 Å². The summed E-state index contributed by atoms with van der Waals surface area (Å²) in [6.45, 7) is 3.56. The maximum atomic E-state index is 12.7. The lowest BCUT2D eigenvalue weighted by atomic mass is 10.00. The largest absolute Gasteiger partial charge is 0.381 e. The van der Waals surface area contributed by atoms with Gasteiger partial charge in [0.05, 0.1) is 6.20 Å². The molecule has 6 heteroatoms. The van der Waals surface area contributed by atoms with Crippen LogP contribution in [0.4, 0.5) is 0 Å². The van der Waals surface area contributed by atoms with Crippen molar-refractivity contribution in [1.82, 2.24) is 19.2 Å². The first kappa shape index (κ1) is 17.0. The van der Waals surface area contributed by atoms with Gasteiger partial charge >= 0.3 is 0 Å². The molecule has 2 aromatic heterocycles. The van der Waals surface area contributed by atoms with Gasteiger partial charge in [-0.05, 0) is 31.7 Å². The molecule has 1 aliphatic heterocycles. The van der Waals surface area contributed by atoms with Crippen LogP contribution in [-0.2, 0) is 24.6 Å². The molecule has 1 saturated heterocycles. The zero-order valence-electron chi connectivity index (χ0n) is 15.3. The molecule has 0 amide bonds. The van der Waals surface area contributed by atoms with E-state index >= 15 is 0 Å². The Morgan fingerprint density at radius 1 is 1.15 bits per heavy atom. The van der Waals surface area contributed by atoms with Crippen LogP contribution in [0.1, 0.15) is 41.5 Å². The molecule has 26 heavy (non-hydrogen) atoms. The Morgan fingerprint density at radius 3 is 2.62 bits per heavy atom. The predicted octanol–water partition coefficient (Wildman–Crippen LogP) is 2.42. The fourth-order valence-electron chi connectivity index (χ4n) is 3.55. The standard InChI is InChI=1S/C20H24N4O2/c1-14-3-5-15(6-4-14)7-8-18-22-24-17(20(25)23(18)2)13-21-19(24)16-9-11-26-12-10-16/h3-6,13,16H,7-12H2,1-2H3. The molecule has 0 bridgehead atoms. The minimum Gasteiger partial charge on any atom is -0.381 e. The van der Waals surface area contributed by atoms with E-state index in [0.29, 0.717) is 11.4 Å². The number of hydrogen-bond acceptors (Lipinski definition) is 4. The maximum Gasteiger partial charge on any atom is 0.279 e. The highest BCUT2D eigenvalue weighted by molar-refractivity contribution is 5.43. The van der Waals surface area contributed by atoms with E-state index in [-0.39, 0.29) is 5.56 Å². The third kappa shape index (κ3) is 3.17. The number of imidazole rings is 1. The van der Waals surface area contributed by atoms with Gasteiger partial charge in [-0.25, -0.2) is 9.50 Å². The van der Waals surface area contributed by atoms with Crippen molar-refractivity contribution in [3.05, 3.63) is 63.6 Å². The molecule has 0 spiro atoms. The normalized spacial score (nSPS) is 15.6. The smallest absolute Gasteiger partial charge is 0.279 e. The highest BCUT2D eigenvalue weighted by Crippen LogP contribution is 2.25. The van der Waals surface area contributed by atoms with Crippen LogP contribution < -0.4 is 5.56 Å². The van der Waals surface area contributed by atoms with E-state index < -0.39 is 0 Å². The Labute approximate surface area is 152 Å². The minimum atomic E-state index is -0.0373. The average molecular weight is 352 g/mol. The van der Waals surface area contributed by atoms with Gasteiger partial charge in [-0.15, -0.1) is 0 Å². The van der Waals surface area contributed by atoms with E-state index in [9.17, 15) is 4.79 Å². The number of hydrogen-bond donors (Lipinski definition) is 0. The zero-order valence-corrected chi connectivity index (χ0v) is 15.3. The predicted molar refractivity (Wildman–Crippen MR) is 99.6 cm³/mol. The summed E-state index contributed by atoms with van der Waals surface area (Å²) >= 11 is 0. The fraction of sp³-hybridized carbons (Fsp3) is 0.450. The van der Waals surface area contributed by atoms with Crippen LogP contribution in [0.25, 0.3) is 5.52 Å². The van der Waals surface area contributed by atoms with Crippen molar-refractivity contribution in [2.24, 2.45) is 7.05 Å². The van der Waals surface area contributed by atoms with Gasteiger partial charge in [-0.1, -0.05) is 29.8 Å². The monoisotopic (exact) mass is 352 g/mol. The van der Waals surface area contributed by atoms with E-state index in [1.165, 1.54) is 11.1 Å². The number of nitrogens with zero attached hydrogens (tertiary/aromatic N) is 4. The number of aromatic nitrogens is 4. The summed E-state index contributed by atoms with van der Waals surface area (Å²) in [5, 5.41) is 4.78. The lowest BCUT2D eigenvalue weighted by Crippen LogP contribution is -2.26. The Bertz CT molecular complexity index is 966. The third-order valence-corrected chi connectivity index (χ3v) is 5.23. The minimum absolute atomic E-state index is 0.0373. The number of fused-ring (bicyclic) bond motifs is 1. The van der Waals surface area contributed by atoms with Gasteiger partial charge in [0.25, 0.3) is 5.56 Å². The molecule has 136 valence electrons. The zero-order chi connectivity index (χ0) is 18.1. The summed E-state index contributed by atoms with van der Waals surface area (Å²) in [5.41, 5.74) is 3.01. The van der Waals surface area contributed by atoms with Crippen molar-refractivity contribution in [2.45, 2.75) is 38.5 Å². The van der Waals surface area contributed by atoms with Gasteiger partial charge < -0.3 is 4.74 Å². The molecule has 0 unspecified atom stereocenters. The summed E-state index contributed by atoms with van der Waals surface area (Å²) in [7, 11) is 1.79. The molecule has 3 heterocycles. The number of rotatable bonds is 4. The van der Waals surface area contributed by atoms with Crippen molar-refractivity contribution < 1.29 is 4.74 Å². The van der Waals surface area contributed by atoms with Crippen molar-refractivity contribution in [2.75, 3.05) is 13.2 Å². The highest BCUT2D eigenvalue weighted by atomic mass is 16.5. The highest BCUT2D eigenvalue weighted by Gasteiger charge is 2.22. The second-order valence-corrected chi connectivity index (χ2v) is 7.07. The first-order valence-corrected chi connectivity index (χ1v) is 9.20. The van der Waals surface area contributed by atoms with E-state index in [0.717, 1.165) is 50.5 Å². The number of ether oxygens (including phenoxy) is 1. The van der Waals surface area contributed by atoms with Gasteiger partial charge in [-0.3, -0.25) is 9.36 Å². The van der Waals surface area contributed by atoms with Gasteiger partial charge in [0.15, 0.2) is 5.52 Å². The Morgan fingerprint density at radius 2 is 1.88 bits per heavy atom. The fourth-order valence-corrected chi connectivity index (χ4v) is 3.55. The molecule has 6 nitrogen and oxygen atoms in total. The van der Waals surface area contributed by atoms with Crippen LogP contribution in [0.15, 0.2) is 35.3 Å². The van der Waals surface area contributed by atoms with Crippen molar-refractivity contribution in [3.63, 3.8) is 0 Å². The van der Waals surface area contributed by atoms with Crippen LogP contribution >= 0.6 is 0 Å². The molecule has 0 atom stereocenters. The molecule has 1 aliphatic rings. The Hall–Kier alpha value is -2.47. The van der Waals surface area contributed by atoms with E-state index in [4.69, 9.17) is 9.84 Å². The van der Waals surface area contributed by atoms with Gasteiger partial charge in [0, 0.05) is 32.6 Å². The average Bonchev–Trinajstić information content (AvgIpc) is 3.09. The van der Waals surface area contributed by atoms with Gasteiger partial charge in [0.1, 0.15) is 11.6 Å². The number of benzene rings is 1. The Kier molecular flexibility index (Phi) is 4.59. The van der Waals surface area contributed by atoms with Crippen LogP contribution in [0.3, 0.4) is 0 Å². The van der Waals surface area contributed by atoms with Crippen molar-refractivity contribution in [3.8, 4) is 0 Å². The van der Waals surface area contributed by atoms with E-state index in [2.05, 4.69) is 36.2 Å². The summed E-state index contributed by atoms with van der Waals surface area (Å²) < 4.78 is 8.87. The summed E-state index contributed by atoms with van der Waals surface area (Å²) in [6, 6.07) is 8.50. The van der Waals surface area contributed by atoms with E-state index in [1.54, 1.807) is 22.3 Å². The van der Waals surface area contributed by atoms with Crippen LogP contribution in [-0.4, -0.2) is 32.4 Å². The first-order chi connectivity index (χ1) is 12.6. The van der Waals surface area contributed by atoms with Crippen LogP contribution in [0, 0.1) is 6.92 Å². The second kappa shape index (κ2) is 7.03. The topological polar surface area (TPSA) is 61.4 Å². The molecule has 0 N–H and O–H groups in total. The summed E-state index contributed by atoms with van der Waals surface area (Å²) in [4.78, 5) is 17.3. The van der Waals surface area contributed by atoms with Crippen LogP contribution in [0.2, 0.25) is 0 Å². The first-order valence-electron chi connectivity index (χ1n) is 9.20. The number of aryl methyl sites for hydroxylation is 3. The summed E-state index contributed by atoms with van der Waals surface area (Å²) in [5.74, 6) is 1.97.